The van der Waals surface area contributed by atoms with Gasteiger partial charge in [-0.05, 0) is 74.3 Å². The monoisotopic (exact) mass is 476 g/mol. The van der Waals surface area contributed by atoms with Crippen molar-refractivity contribution in [3.8, 4) is 17.2 Å². The molecule has 3 aromatic carbocycles. The number of amides is 1. The van der Waals surface area contributed by atoms with E-state index in [1.54, 1.807) is 31.2 Å². The predicted octanol–water partition coefficient (Wildman–Crippen LogP) is 5.33. The van der Waals surface area contributed by atoms with Crippen molar-refractivity contribution in [3.05, 3.63) is 82.9 Å². The number of phenols is 1. The minimum Gasteiger partial charge on any atom is -0.508 e. The highest BCUT2D eigenvalue weighted by molar-refractivity contribution is 6.37. The molecule has 3 rings (SSSR count). The Kier molecular flexibility index (Phi) is 8.86. The van der Waals surface area contributed by atoms with Crippen LogP contribution in [0.2, 0.25) is 0 Å². The second kappa shape index (κ2) is 12.0. The third-order valence-electron chi connectivity index (χ3n) is 5.54. The lowest BCUT2D eigenvalue weighted by Crippen LogP contribution is -2.25. The molecule has 2 N–H and O–H groups in total. The van der Waals surface area contributed by atoms with Crippen LogP contribution in [0.25, 0.3) is 0 Å². The molecular formula is C28H32N2O5. The first kappa shape index (κ1) is 25.8. The van der Waals surface area contributed by atoms with Crippen molar-refractivity contribution in [2.75, 3.05) is 18.5 Å². The van der Waals surface area contributed by atoms with Crippen LogP contribution in [0.15, 0.2) is 60.7 Å². The number of hydrogen-bond donors (Lipinski definition) is 2. The van der Waals surface area contributed by atoms with E-state index >= 15 is 0 Å². The Labute approximate surface area is 206 Å². The van der Waals surface area contributed by atoms with Crippen LogP contribution < -0.4 is 10.1 Å². The molecule has 0 atom stereocenters. The molecule has 1 amide bonds. The standard InChI is InChI=1S/C28H32N2O5/c1-5-30(17-21-10-8-7-9-11-21)18-22-16-24(12-13-25(22)31)35-26-19(3)14-23(15-20(26)4)29-27(32)28(33)34-6-2/h7-16,31H,5-6,17-18H2,1-4H3,(H,29,32). The fraction of sp³-hybridized carbons (Fsp3) is 0.286. The number of aromatic hydroxyl groups is 1. The molecule has 0 spiro atoms. The highest BCUT2D eigenvalue weighted by Gasteiger charge is 2.17. The first-order chi connectivity index (χ1) is 16.8. The maximum atomic E-state index is 12.0. The van der Waals surface area contributed by atoms with Gasteiger partial charge < -0.3 is 19.9 Å². The number of phenolic OH excluding ortho intramolecular Hbond substituents is 1. The third-order valence-corrected chi connectivity index (χ3v) is 5.54. The number of hydrogen-bond acceptors (Lipinski definition) is 6. The fourth-order valence-electron chi connectivity index (χ4n) is 3.79. The van der Waals surface area contributed by atoms with Crippen molar-refractivity contribution in [1.29, 1.82) is 0 Å². The zero-order chi connectivity index (χ0) is 25.4. The molecule has 7 heteroatoms. The van der Waals surface area contributed by atoms with Crippen molar-refractivity contribution in [1.82, 2.24) is 4.90 Å². The summed E-state index contributed by atoms with van der Waals surface area (Å²) in [7, 11) is 0. The van der Waals surface area contributed by atoms with Gasteiger partial charge in [0, 0.05) is 24.3 Å². The molecule has 0 heterocycles. The summed E-state index contributed by atoms with van der Waals surface area (Å²) in [4.78, 5) is 25.8. The van der Waals surface area contributed by atoms with Gasteiger partial charge in [-0.1, -0.05) is 37.3 Å². The molecule has 184 valence electrons. The zero-order valence-corrected chi connectivity index (χ0v) is 20.6. The Morgan fingerprint density at radius 2 is 1.63 bits per heavy atom. The number of ether oxygens (including phenoxy) is 2. The molecule has 35 heavy (non-hydrogen) atoms. The van der Waals surface area contributed by atoms with Crippen molar-refractivity contribution in [2.24, 2.45) is 0 Å². The van der Waals surface area contributed by atoms with Gasteiger partial charge in [-0.3, -0.25) is 9.69 Å². The molecule has 0 saturated carbocycles. The van der Waals surface area contributed by atoms with E-state index < -0.39 is 11.9 Å². The number of esters is 1. The number of benzene rings is 3. The largest absolute Gasteiger partial charge is 0.508 e. The molecular weight excluding hydrogens is 444 g/mol. The van der Waals surface area contributed by atoms with Gasteiger partial charge >= 0.3 is 11.9 Å². The van der Waals surface area contributed by atoms with E-state index in [4.69, 9.17) is 9.47 Å². The molecule has 0 aliphatic carbocycles. The van der Waals surface area contributed by atoms with E-state index in [9.17, 15) is 14.7 Å². The summed E-state index contributed by atoms with van der Waals surface area (Å²) >= 11 is 0. The van der Waals surface area contributed by atoms with Crippen LogP contribution in [0.4, 0.5) is 5.69 Å². The Balaban J connectivity index is 1.75. The highest BCUT2D eigenvalue weighted by atomic mass is 16.5. The lowest BCUT2D eigenvalue weighted by Gasteiger charge is -2.22. The SMILES string of the molecule is CCOC(=O)C(=O)Nc1cc(C)c(Oc2ccc(O)c(CN(CC)Cc3ccccc3)c2)c(C)c1. The smallest absolute Gasteiger partial charge is 0.397 e. The highest BCUT2D eigenvalue weighted by Crippen LogP contribution is 2.34. The Morgan fingerprint density at radius 1 is 0.943 bits per heavy atom. The van der Waals surface area contributed by atoms with Crippen LogP contribution in [-0.2, 0) is 27.4 Å². The molecule has 7 nitrogen and oxygen atoms in total. The van der Waals surface area contributed by atoms with Crippen LogP contribution in [0.1, 0.15) is 36.1 Å². The third kappa shape index (κ3) is 7.07. The van der Waals surface area contributed by atoms with E-state index in [1.807, 2.05) is 38.1 Å². The normalized spacial score (nSPS) is 10.8. The van der Waals surface area contributed by atoms with Crippen molar-refractivity contribution in [2.45, 2.75) is 40.8 Å². The first-order valence-corrected chi connectivity index (χ1v) is 11.7. The fourth-order valence-corrected chi connectivity index (χ4v) is 3.79. The second-order valence-electron chi connectivity index (χ2n) is 8.30. The van der Waals surface area contributed by atoms with E-state index in [2.05, 4.69) is 29.3 Å². The van der Waals surface area contributed by atoms with Gasteiger partial charge in [0.1, 0.15) is 17.2 Å². The maximum absolute atomic E-state index is 12.0. The molecule has 0 fully saturated rings. The summed E-state index contributed by atoms with van der Waals surface area (Å²) in [6, 6.07) is 18.9. The summed E-state index contributed by atoms with van der Waals surface area (Å²) in [5, 5.41) is 13.0. The minimum atomic E-state index is -0.923. The number of rotatable bonds is 9. The van der Waals surface area contributed by atoms with Gasteiger partial charge in [-0.25, -0.2) is 4.79 Å². The quantitative estimate of drug-likeness (QED) is 0.321. The lowest BCUT2D eigenvalue weighted by atomic mass is 10.1. The van der Waals surface area contributed by atoms with Crippen LogP contribution in [0.3, 0.4) is 0 Å². The predicted molar refractivity (Wildman–Crippen MR) is 136 cm³/mol. The van der Waals surface area contributed by atoms with Crippen LogP contribution >= 0.6 is 0 Å². The van der Waals surface area contributed by atoms with Crippen molar-refractivity contribution < 1.29 is 24.2 Å². The number of aryl methyl sites for hydroxylation is 2. The number of carbonyl (C=O) groups excluding carboxylic acids is 2. The van der Waals surface area contributed by atoms with Gasteiger partial charge in [-0.2, -0.15) is 0 Å². The zero-order valence-electron chi connectivity index (χ0n) is 20.6. The average Bonchev–Trinajstić information content (AvgIpc) is 2.83. The van der Waals surface area contributed by atoms with Gasteiger partial charge in [-0.15, -0.1) is 0 Å². The molecule has 0 bridgehead atoms. The molecule has 0 aromatic heterocycles. The Hall–Kier alpha value is -3.84. The second-order valence-corrected chi connectivity index (χ2v) is 8.30. The summed E-state index contributed by atoms with van der Waals surface area (Å²) in [6.07, 6.45) is 0. The van der Waals surface area contributed by atoms with Gasteiger partial charge in [0.05, 0.1) is 6.61 Å². The van der Waals surface area contributed by atoms with Crippen LogP contribution in [0, 0.1) is 13.8 Å². The summed E-state index contributed by atoms with van der Waals surface area (Å²) in [6.45, 7) is 9.78. The number of carbonyl (C=O) groups is 2. The number of nitrogens with zero attached hydrogens (tertiary/aromatic N) is 1. The first-order valence-electron chi connectivity index (χ1n) is 11.7. The number of anilines is 1. The van der Waals surface area contributed by atoms with Crippen LogP contribution in [0.5, 0.6) is 17.2 Å². The van der Waals surface area contributed by atoms with E-state index in [0.717, 1.165) is 29.8 Å². The summed E-state index contributed by atoms with van der Waals surface area (Å²) < 4.78 is 10.9. The molecule has 0 aliphatic heterocycles. The van der Waals surface area contributed by atoms with Crippen molar-refractivity contribution >= 4 is 17.6 Å². The van der Waals surface area contributed by atoms with Gasteiger partial charge in [0.25, 0.3) is 0 Å². The molecule has 0 aliphatic rings. The lowest BCUT2D eigenvalue weighted by molar-refractivity contribution is -0.152. The van der Waals surface area contributed by atoms with E-state index in [1.165, 1.54) is 5.56 Å². The van der Waals surface area contributed by atoms with Crippen LogP contribution in [-0.4, -0.2) is 35.0 Å². The van der Waals surface area contributed by atoms with E-state index in [-0.39, 0.29) is 12.4 Å². The van der Waals surface area contributed by atoms with Gasteiger partial charge in [0.15, 0.2) is 0 Å². The number of nitrogens with one attached hydrogen (secondary N) is 1. The molecule has 0 radical (unpaired) electrons. The molecule has 0 unspecified atom stereocenters. The molecule has 0 saturated heterocycles. The molecule has 3 aromatic rings. The summed E-state index contributed by atoms with van der Waals surface area (Å²) in [5.41, 5.74) is 4.05. The Bertz CT molecular complexity index is 1150. The summed E-state index contributed by atoms with van der Waals surface area (Å²) in [5.74, 6) is -0.281. The van der Waals surface area contributed by atoms with Crippen molar-refractivity contribution in [3.63, 3.8) is 0 Å². The minimum absolute atomic E-state index is 0.133. The Morgan fingerprint density at radius 3 is 2.26 bits per heavy atom. The maximum Gasteiger partial charge on any atom is 0.397 e. The van der Waals surface area contributed by atoms with E-state index in [0.29, 0.717) is 23.7 Å². The topological polar surface area (TPSA) is 88.1 Å². The van der Waals surface area contributed by atoms with Gasteiger partial charge in [0.2, 0.25) is 0 Å². The average molecular weight is 477 g/mol.